The number of hydrogen-bond acceptors (Lipinski definition) is 3. The van der Waals surface area contributed by atoms with Crippen LogP contribution in [0.4, 0.5) is 0 Å². The summed E-state index contributed by atoms with van der Waals surface area (Å²) in [5.74, 6) is 0.791. The van der Waals surface area contributed by atoms with E-state index in [0.29, 0.717) is 0 Å². The summed E-state index contributed by atoms with van der Waals surface area (Å²) in [4.78, 5) is 4.45. The summed E-state index contributed by atoms with van der Waals surface area (Å²) in [6, 6.07) is 5.84. The van der Waals surface area contributed by atoms with Crippen molar-refractivity contribution in [3.8, 4) is 0 Å². The number of fused-ring (bicyclic) bond motifs is 1. The van der Waals surface area contributed by atoms with E-state index in [1.165, 1.54) is 0 Å². The van der Waals surface area contributed by atoms with Gasteiger partial charge >= 0.3 is 0 Å². The Hall–Kier alpha value is -0.940. The summed E-state index contributed by atoms with van der Waals surface area (Å²) in [7, 11) is 0. The third kappa shape index (κ3) is 1.55. The monoisotopic (exact) mass is 267 g/mol. The predicted molar refractivity (Wildman–Crippen MR) is 58.6 cm³/mol. The fourth-order valence-electron chi connectivity index (χ4n) is 1.81. The van der Waals surface area contributed by atoms with Crippen LogP contribution in [0, 0.1) is 0 Å². The van der Waals surface area contributed by atoms with Crippen molar-refractivity contribution in [2.45, 2.75) is 18.9 Å². The van der Waals surface area contributed by atoms with E-state index in [-0.39, 0.29) is 6.10 Å². The molecule has 78 valence electrons. The molecule has 0 spiro atoms. The second-order valence-electron chi connectivity index (χ2n) is 3.59. The predicted octanol–water partition coefficient (Wildman–Crippen LogP) is 2.34. The highest BCUT2D eigenvalue weighted by atomic mass is 79.9. The molecule has 0 radical (unpaired) electrons. The van der Waals surface area contributed by atoms with Gasteiger partial charge in [-0.25, -0.2) is 9.50 Å². The van der Waals surface area contributed by atoms with Gasteiger partial charge in [0.1, 0.15) is 10.7 Å². The first-order chi connectivity index (χ1) is 7.34. The van der Waals surface area contributed by atoms with E-state index in [4.69, 9.17) is 4.74 Å². The van der Waals surface area contributed by atoms with Gasteiger partial charge in [0, 0.05) is 6.61 Å². The van der Waals surface area contributed by atoms with E-state index < -0.39 is 0 Å². The molecule has 1 saturated heterocycles. The van der Waals surface area contributed by atoms with Crippen molar-refractivity contribution < 1.29 is 4.74 Å². The minimum absolute atomic E-state index is 0.0804. The van der Waals surface area contributed by atoms with Crippen LogP contribution in [0.25, 0.3) is 5.65 Å². The van der Waals surface area contributed by atoms with Gasteiger partial charge in [0.05, 0.1) is 0 Å². The molecule has 0 saturated carbocycles. The van der Waals surface area contributed by atoms with Gasteiger partial charge in [-0.3, -0.25) is 0 Å². The first-order valence-electron chi connectivity index (χ1n) is 4.97. The Morgan fingerprint density at radius 2 is 2.40 bits per heavy atom. The second-order valence-corrected chi connectivity index (χ2v) is 4.40. The lowest BCUT2D eigenvalue weighted by atomic mass is 10.2. The van der Waals surface area contributed by atoms with Crippen molar-refractivity contribution in [3.05, 3.63) is 28.6 Å². The average Bonchev–Trinajstić information content (AvgIpc) is 2.86. The van der Waals surface area contributed by atoms with Crippen LogP contribution in [0.1, 0.15) is 24.8 Å². The summed E-state index contributed by atoms with van der Waals surface area (Å²) < 4.78 is 8.26. The Morgan fingerprint density at radius 1 is 1.47 bits per heavy atom. The van der Waals surface area contributed by atoms with Crippen molar-refractivity contribution in [2.24, 2.45) is 0 Å². The molecule has 1 fully saturated rings. The van der Waals surface area contributed by atoms with Gasteiger partial charge in [-0.15, -0.1) is 5.10 Å². The number of rotatable bonds is 1. The molecule has 1 atom stereocenters. The van der Waals surface area contributed by atoms with Gasteiger partial charge < -0.3 is 4.74 Å². The maximum Gasteiger partial charge on any atom is 0.180 e. The van der Waals surface area contributed by atoms with Gasteiger partial charge in [-0.05, 0) is 40.9 Å². The first kappa shape index (κ1) is 9.30. The highest BCUT2D eigenvalue weighted by molar-refractivity contribution is 9.10. The molecule has 15 heavy (non-hydrogen) atoms. The fraction of sp³-hybridized carbons (Fsp3) is 0.400. The zero-order valence-corrected chi connectivity index (χ0v) is 9.64. The van der Waals surface area contributed by atoms with E-state index in [1.807, 2.05) is 18.2 Å². The van der Waals surface area contributed by atoms with Crippen LogP contribution in [0.2, 0.25) is 0 Å². The average molecular weight is 268 g/mol. The second kappa shape index (κ2) is 3.57. The SMILES string of the molecule is Brc1cccc2nc(C3CCCO3)nn12. The highest BCUT2D eigenvalue weighted by Crippen LogP contribution is 2.26. The van der Waals surface area contributed by atoms with E-state index in [0.717, 1.165) is 35.5 Å². The summed E-state index contributed by atoms with van der Waals surface area (Å²) in [6.07, 6.45) is 2.20. The number of nitrogens with zero attached hydrogens (tertiary/aromatic N) is 3. The molecule has 1 aliphatic rings. The number of pyridine rings is 1. The maximum atomic E-state index is 5.55. The van der Waals surface area contributed by atoms with Crippen molar-refractivity contribution >= 4 is 21.6 Å². The van der Waals surface area contributed by atoms with Gasteiger partial charge in [0.25, 0.3) is 0 Å². The topological polar surface area (TPSA) is 39.4 Å². The molecule has 0 amide bonds. The van der Waals surface area contributed by atoms with Crippen LogP contribution in [-0.2, 0) is 4.74 Å². The first-order valence-corrected chi connectivity index (χ1v) is 5.77. The molecule has 2 aromatic heterocycles. The van der Waals surface area contributed by atoms with E-state index in [9.17, 15) is 0 Å². The number of hydrogen-bond donors (Lipinski definition) is 0. The summed E-state index contributed by atoms with van der Waals surface area (Å²) in [5, 5.41) is 4.43. The lowest BCUT2D eigenvalue weighted by molar-refractivity contribution is 0.105. The van der Waals surface area contributed by atoms with Gasteiger partial charge in [-0.1, -0.05) is 6.07 Å². The molecule has 0 bridgehead atoms. The Kier molecular flexibility index (Phi) is 2.21. The van der Waals surface area contributed by atoms with Crippen LogP contribution < -0.4 is 0 Å². The number of halogens is 1. The normalized spacial score (nSPS) is 21.3. The molecule has 0 aromatic carbocycles. The lowest BCUT2D eigenvalue weighted by Gasteiger charge is -2.01. The molecule has 3 heterocycles. The summed E-state index contributed by atoms with van der Waals surface area (Å²) in [6.45, 7) is 0.821. The molecule has 5 heteroatoms. The fourth-order valence-corrected chi connectivity index (χ4v) is 2.22. The van der Waals surface area contributed by atoms with E-state index >= 15 is 0 Å². The third-order valence-electron chi connectivity index (χ3n) is 2.55. The van der Waals surface area contributed by atoms with Crippen molar-refractivity contribution in [1.82, 2.24) is 14.6 Å². The quantitative estimate of drug-likeness (QED) is 0.745. The molecule has 3 rings (SSSR count). The van der Waals surface area contributed by atoms with Gasteiger partial charge in [-0.2, -0.15) is 0 Å². The van der Waals surface area contributed by atoms with Crippen LogP contribution in [0.15, 0.2) is 22.8 Å². The van der Waals surface area contributed by atoms with Crippen LogP contribution in [0.3, 0.4) is 0 Å². The zero-order chi connectivity index (χ0) is 10.3. The Morgan fingerprint density at radius 3 is 3.13 bits per heavy atom. The molecular weight excluding hydrogens is 258 g/mol. The maximum absolute atomic E-state index is 5.55. The minimum Gasteiger partial charge on any atom is -0.370 e. The third-order valence-corrected chi connectivity index (χ3v) is 3.15. The largest absolute Gasteiger partial charge is 0.370 e. The van der Waals surface area contributed by atoms with Crippen molar-refractivity contribution in [1.29, 1.82) is 0 Å². The molecule has 2 aromatic rings. The number of ether oxygens (including phenoxy) is 1. The van der Waals surface area contributed by atoms with Crippen LogP contribution in [0.5, 0.6) is 0 Å². The van der Waals surface area contributed by atoms with Gasteiger partial charge in [0.2, 0.25) is 0 Å². The standard InChI is InChI=1S/C10H10BrN3O/c11-8-4-1-5-9-12-10(13-14(8)9)7-3-2-6-15-7/h1,4-5,7H,2-3,6H2. The Labute approximate surface area is 95.4 Å². The summed E-state index contributed by atoms with van der Waals surface area (Å²) in [5.41, 5.74) is 0.856. The smallest absolute Gasteiger partial charge is 0.180 e. The Balaban J connectivity index is 2.09. The molecule has 1 unspecified atom stereocenters. The molecule has 1 aliphatic heterocycles. The van der Waals surface area contributed by atoms with E-state index in [2.05, 4.69) is 26.0 Å². The Bertz CT molecular complexity index is 490. The molecular formula is C10H10BrN3O. The van der Waals surface area contributed by atoms with E-state index in [1.54, 1.807) is 4.52 Å². The number of aromatic nitrogens is 3. The lowest BCUT2D eigenvalue weighted by Crippen LogP contribution is -1.98. The molecule has 0 N–H and O–H groups in total. The molecule has 0 aliphatic carbocycles. The van der Waals surface area contributed by atoms with Gasteiger partial charge in [0.15, 0.2) is 11.5 Å². The summed E-state index contributed by atoms with van der Waals surface area (Å²) >= 11 is 3.44. The molecule has 4 nitrogen and oxygen atoms in total. The van der Waals surface area contributed by atoms with Crippen LogP contribution in [-0.4, -0.2) is 21.2 Å². The van der Waals surface area contributed by atoms with Crippen molar-refractivity contribution in [2.75, 3.05) is 6.61 Å². The highest BCUT2D eigenvalue weighted by Gasteiger charge is 2.22. The minimum atomic E-state index is 0.0804. The zero-order valence-electron chi connectivity index (χ0n) is 8.06. The van der Waals surface area contributed by atoms with Crippen LogP contribution >= 0.6 is 15.9 Å². The van der Waals surface area contributed by atoms with Crippen molar-refractivity contribution in [3.63, 3.8) is 0 Å².